The summed E-state index contributed by atoms with van der Waals surface area (Å²) in [6, 6.07) is 10.7. The van der Waals surface area contributed by atoms with Gasteiger partial charge in [-0.2, -0.15) is 5.10 Å². The maximum Gasteiger partial charge on any atom is 0.259 e. The maximum atomic E-state index is 11.9. The second-order valence-corrected chi connectivity index (χ2v) is 5.33. The van der Waals surface area contributed by atoms with E-state index in [9.17, 15) is 4.79 Å². The SMILES string of the molecule is COc1ccc(/C=N\NC(=O)CNc2ccc3c(c2)OCO3)cc1OC. The predicted octanol–water partition coefficient (Wildman–Crippen LogP) is 1.99. The fourth-order valence-corrected chi connectivity index (χ4v) is 2.34. The molecule has 8 nitrogen and oxygen atoms in total. The standard InChI is InChI=1S/C18H19N3O5/c1-23-14-5-3-12(7-16(14)24-2)9-20-21-18(22)10-19-13-4-6-15-17(8-13)26-11-25-15/h3-9,19H,10-11H2,1-2H3,(H,21,22)/b20-9-. The van der Waals surface area contributed by atoms with E-state index in [1.165, 1.54) is 6.21 Å². The third-order valence-electron chi connectivity index (χ3n) is 3.64. The number of amides is 1. The van der Waals surface area contributed by atoms with Gasteiger partial charge in [0.15, 0.2) is 23.0 Å². The molecule has 0 atom stereocenters. The lowest BCUT2D eigenvalue weighted by atomic mass is 10.2. The highest BCUT2D eigenvalue weighted by atomic mass is 16.7. The summed E-state index contributed by atoms with van der Waals surface area (Å²) in [5.74, 6) is 2.29. The van der Waals surface area contributed by atoms with Gasteiger partial charge in [0, 0.05) is 11.8 Å². The minimum Gasteiger partial charge on any atom is -0.493 e. The molecule has 0 fully saturated rings. The Labute approximate surface area is 150 Å². The van der Waals surface area contributed by atoms with Crippen molar-refractivity contribution in [3.8, 4) is 23.0 Å². The van der Waals surface area contributed by atoms with Crippen LogP contribution in [0.4, 0.5) is 5.69 Å². The topological polar surface area (TPSA) is 90.4 Å². The number of carbonyl (C=O) groups excluding carboxylic acids is 1. The Morgan fingerprint density at radius 3 is 2.73 bits per heavy atom. The molecule has 2 aromatic rings. The zero-order valence-corrected chi connectivity index (χ0v) is 14.4. The average molecular weight is 357 g/mol. The lowest BCUT2D eigenvalue weighted by Crippen LogP contribution is -2.25. The van der Waals surface area contributed by atoms with Crippen LogP contribution in [0, 0.1) is 0 Å². The largest absolute Gasteiger partial charge is 0.493 e. The number of hydrogen-bond acceptors (Lipinski definition) is 7. The van der Waals surface area contributed by atoms with Gasteiger partial charge < -0.3 is 24.3 Å². The van der Waals surface area contributed by atoms with Crippen LogP contribution in [0.5, 0.6) is 23.0 Å². The Balaban J connectivity index is 1.50. The van der Waals surface area contributed by atoms with Crippen LogP contribution in [0.3, 0.4) is 0 Å². The number of methoxy groups -OCH3 is 2. The zero-order valence-electron chi connectivity index (χ0n) is 14.4. The normalized spacial score (nSPS) is 12.1. The molecule has 0 bridgehead atoms. The highest BCUT2D eigenvalue weighted by molar-refractivity contribution is 5.85. The van der Waals surface area contributed by atoms with E-state index in [2.05, 4.69) is 15.8 Å². The van der Waals surface area contributed by atoms with Crippen molar-refractivity contribution >= 4 is 17.8 Å². The van der Waals surface area contributed by atoms with E-state index < -0.39 is 0 Å². The molecule has 0 spiro atoms. The van der Waals surface area contributed by atoms with Gasteiger partial charge in [-0.1, -0.05) is 0 Å². The van der Waals surface area contributed by atoms with Crippen molar-refractivity contribution in [1.29, 1.82) is 0 Å². The Kier molecular flexibility index (Phi) is 5.43. The van der Waals surface area contributed by atoms with Gasteiger partial charge in [-0.05, 0) is 35.9 Å². The molecule has 8 heteroatoms. The highest BCUT2D eigenvalue weighted by Crippen LogP contribution is 2.34. The van der Waals surface area contributed by atoms with Gasteiger partial charge in [0.25, 0.3) is 5.91 Å². The third kappa shape index (κ3) is 4.15. The molecular formula is C18H19N3O5. The van der Waals surface area contributed by atoms with E-state index in [1.807, 2.05) is 12.1 Å². The fraction of sp³-hybridized carbons (Fsp3) is 0.222. The molecule has 2 N–H and O–H groups in total. The molecule has 0 saturated heterocycles. The molecule has 1 heterocycles. The Bertz CT molecular complexity index is 822. The van der Waals surface area contributed by atoms with Gasteiger partial charge in [-0.3, -0.25) is 4.79 Å². The first-order valence-corrected chi connectivity index (χ1v) is 7.87. The molecule has 0 saturated carbocycles. The summed E-state index contributed by atoms with van der Waals surface area (Å²) in [5, 5.41) is 6.94. The number of hydrazone groups is 1. The first-order chi connectivity index (χ1) is 12.7. The van der Waals surface area contributed by atoms with Crippen LogP contribution in [0.2, 0.25) is 0 Å². The number of nitrogens with one attached hydrogen (secondary N) is 2. The van der Waals surface area contributed by atoms with Crippen LogP contribution in [0.25, 0.3) is 0 Å². The first kappa shape index (κ1) is 17.4. The molecule has 0 unspecified atom stereocenters. The van der Waals surface area contributed by atoms with Crippen LogP contribution < -0.4 is 29.7 Å². The van der Waals surface area contributed by atoms with Crippen molar-refractivity contribution in [3.63, 3.8) is 0 Å². The summed E-state index contributed by atoms with van der Waals surface area (Å²) in [5.41, 5.74) is 3.99. The molecule has 136 valence electrons. The number of fused-ring (bicyclic) bond motifs is 1. The summed E-state index contributed by atoms with van der Waals surface area (Å²) in [6.07, 6.45) is 1.53. The van der Waals surface area contributed by atoms with E-state index in [0.29, 0.717) is 23.0 Å². The van der Waals surface area contributed by atoms with E-state index >= 15 is 0 Å². The molecular weight excluding hydrogens is 338 g/mol. The molecule has 3 rings (SSSR count). The number of anilines is 1. The molecule has 26 heavy (non-hydrogen) atoms. The molecule has 0 aliphatic carbocycles. The second kappa shape index (κ2) is 8.11. The zero-order chi connectivity index (χ0) is 18.4. The molecule has 0 aromatic heterocycles. The highest BCUT2D eigenvalue weighted by Gasteiger charge is 2.13. The summed E-state index contributed by atoms with van der Waals surface area (Å²) >= 11 is 0. The van der Waals surface area contributed by atoms with Crippen molar-refractivity contribution in [2.24, 2.45) is 5.10 Å². The summed E-state index contributed by atoms with van der Waals surface area (Å²) in [6.45, 7) is 0.285. The van der Waals surface area contributed by atoms with Crippen LogP contribution in [-0.4, -0.2) is 39.7 Å². The van der Waals surface area contributed by atoms with E-state index in [0.717, 1.165) is 11.3 Å². The van der Waals surface area contributed by atoms with Crippen molar-refractivity contribution in [2.75, 3.05) is 32.9 Å². The average Bonchev–Trinajstić information content (AvgIpc) is 3.14. The Morgan fingerprint density at radius 2 is 1.92 bits per heavy atom. The molecule has 1 aliphatic rings. The smallest absolute Gasteiger partial charge is 0.259 e. The van der Waals surface area contributed by atoms with Gasteiger partial charge >= 0.3 is 0 Å². The number of hydrogen-bond donors (Lipinski definition) is 2. The minimum atomic E-state index is -0.278. The lowest BCUT2D eigenvalue weighted by Gasteiger charge is -2.07. The first-order valence-electron chi connectivity index (χ1n) is 7.87. The second-order valence-electron chi connectivity index (χ2n) is 5.33. The van der Waals surface area contributed by atoms with Crippen LogP contribution in [0.15, 0.2) is 41.5 Å². The predicted molar refractivity (Wildman–Crippen MR) is 96.3 cm³/mol. The quantitative estimate of drug-likeness (QED) is 0.582. The minimum absolute atomic E-state index is 0.0723. The van der Waals surface area contributed by atoms with Crippen molar-refractivity contribution in [2.45, 2.75) is 0 Å². The van der Waals surface area contributed by atoms with Crippen LogP contribution in [0.1, 0.15) is 5.56 Å². The number of rotatable bonds is 7. The maximum absolute atomic E-state index is 11.9. The van der Waals surface area contributed by atoms with E-state index in [1.54, 1.807) is 38.5 Å². The number of ether oxygens (including phenoxy) is 4. The van der Waals surface area contributed by atoms with Crippen LogP contribution >= 0.6 is 0 Å². The van der Waals surface area contributed by atoms with Gasteiger partial charge in [0.1, 0.15) is 0 Å². The molecule has 0 radical (unpaired) electrons. The van der Waals surface area contributed by atoms with Gasteiger partial charge in [0.2, 0.25) is 6.79 Å². The molecule has 1 aliphatic heterocycles. The van der Waals surface area contributed by atoms with Crippen molar-refractivity contribution in [1.82, 2.24) is 5.43 Å². The summed E-state index contributed by atoms with van der Waals surface area (Å²) in [4.78, 5) is 11.9. The van der Waals surface area contributed by atoms with Gasteiger partial charge in [-0.25, -0.2) is 5.43 Å². The Morgan fingerprint density at radius 1 is 1.12 bits per heavy atom. The number of nitrogens with zero attached hydrogens (tertiary/aromatic N) is 1. The summed E-state index contributed by atoms with van der Waals surface area (Å²) in [7, 11) is 3.13. The van der Waals surface area contributed by atoms with Crippen molar-refractivity contribution < 1.29 is 23.7 Å². The van der Waals surface area contributed by atoms with Gasteiger partial charge in [0.05, 0.1) is 27.0 Å². The number of benzene rings is 2. The van der Waals surface area contributed by atoms with E-state index in [4.69, 9.17) is 18.9 Å². The molecule has 2 aromatic carbocycles. The third-order valence-corrected chi connectivity index (χ3v) is 3.64. The van der Waals surface area contributed by atoms with Gasteiger partial charge in [-0.15, -0.1) is 0 Å². The Hall–Kier alpha value is -3.42. The summed E-state index contributed by atoms with van der Waals surface area (Å²) < 4.78 is 20.9. The monoisotopic (exact) mass is 357 g/mol. The number of carbonyl (C=O) groups is 1. The van der Waals surface area contributed by atoms with E-state index in [-0.39, 0.29) is 19.2 Å². The lowest BCUT2D eigenvalue weighted by molar-refractivity contribution is -0.119. The molecule has 1 amide bonds. The van der Waals surface area contributed by atoms with Crippen LogP contribution in [-0.2, 0) is 4.79 Å². The fourth-order valence-electron chi connectivity index (χ4n) is 2.34. The van der Waals surface area contributed by atoms with Crippen molar-refractivity contribution in [3.05, 3.63) is 42.0 Å².